The van der Waals surface area contributed by atoms with Crippen LogP contribution in [0.2, 0.25) is 5.02 Å². The highest BCUT2D eigenvalue weighted by Gasteiger charge is 2.32. The van der Waals surface area contributed by atoms with E-state index < -0.39 is 17.8 Å². The van der Waals surface area contributed by atoms with Gasteiger partial charge in [-0.25, -0.2) is 4.98 Å². The SMILES string of the molecule is Cc1ccccc1OCC(O)CN1CCN(c2ncc(C(F)(F)F)cc2Cl)CC1. The van der Waals surface area contributed by atoms with Crippen LogP contribution in [0.15, 0.2) is 36.5 Å². The quantitative estimate of drug-likeness (QED) is 0.760. The number of anilines is 1. The highest BCUT2D eigenvalue weighted by molar-refractivity contribution is 6.33. The molecule has 1 N–H and O–H groups in total. The highest BCUT2D eigenvalue weighted by Crippen LogP contribution is 2.33. The lowest BCUT2D eigenvalue weighted by Gasteiger charge is -2.36. The number of rotatable bonds is 6. The molecule has 2 heterocycles. The van der Waals surface area contributed by atoms with Crippen LogP contribution in [0, 0.1) is 6.92 Å². The van der Waals surface area contributed by atoms with Crippen LogP contribution in [0.3, 0.4) is 0 Å². The van der Waals surface area contributed by atoms with E-state index in [1.54, 1.807) is 0 Å². The largest absolute Gasteiger partial charge is 0.491 e. The molecule has 0 saturated carbocycles. The van der Waals surface area contributed by atoms with E-state index in [-0.39, 0.29) is 11.6 Å². The maximum absolute atomic E-state index is 12.8. The third-order valence-electron chi connectivity index (χ3n) is 4.81. The second-order valence-electron chi connectivity index (χ2n) is 7.05. The molecule has 29 heavy (non-hydrogen) atoms. The van der Waals surface area contributed by atoms with Crippen LogP contribution in [0.1, 0.15) is 11.1 Å². The number of para-hydroxylation sites is 1. The zero-order valence-electron chi connectivity index (χ0n) is 16.0. The molecule has 1 saturated heterocycles. The van der Waals surface area contributed by atoms with Crippen molar-refractivity contribution in [1.82, 2.24) is 9.88 Å². The summed E-state index contributed by atoms with van der Waals surface area (Å²) in [6.07, 6.45) is -4.31. The van der Waals surface area contributed by atoms with Crippen molar-refractivity contribution in [2.75, 3.05) is 44.2 Å². The molecule has 1 unspecified atom stereocenters. The van der Waals surface area contributed by atoms with Crippen molar-refractivity contribution >= 4 is 17.4 Å². The normalized spacial score (nSPS) is 16.7. The fourth-order valence-electron chi connectivity index (χ4n) is 3.22. The molecule has 3 rings (SSSR count). The zero-order chi connectivity index (χ0) is 21.0. The van der Waals surface area contributed by atoms with E-state index in [2.05, 4.69) is 9.88 Å². The molecule has 0 spiro atoms. The number of alkyl halides is 3. The summed E-state index contributed by atoms with van der Waals surface area (Å²) in [6, 6.07) is 8.52. The summed E-state index contributed by atoms with van der Waals surface area (Å²) in [5, 5.41) is 10.3. The van der Waals surface area contributed by atoms with Crippen molar-refractivity contribution in [3.8, 4) is 5.75 Å². The Morgan fingerprint density at radius 3 is 2.52 bits per heavy atom. The lowest BCUT2D eigenvalue weighted by molar-refractivity contribution is -0.137. The number of benzene rings is 1. The molecule has 1 aromatic heterocycles. The number of pyridine rings is 1. The molecule has 0 bridgehead atoms. The average Bonchev–Trinajstić information content (AvgIpc) is 2.67. The van der Waals surface area contributed by atoms with Crippen molar-refractivity contribution in [2.24, 2.45) is 0 Å². The van der Waals surface area contributed by atoms with E-state index in [0.29, 0.717) is 38.5 Å². The lowest BCUT2D eigenvalue weighted by Crippen LogP contribution is -2.49. The van der Waals surface area contributed by atoms with Crippen LogP contribution in [-0.2, 0) is 6.18 Å². The van der Waals surface area contributed by atoms with Gasteiger partial charge < -0.3 is 14.7 Å². The minimum atomic E-state index is -4.47. The van der Waals surface area contributed by atoms with Gasteiger partial charge >= 0.3 is 6.18 Å². The van der Waals surface area contributed by atoms with Gasteiger partial charge in [0.25, 0.3) is 0 Å². The molecule has 0 aliphatic carbocycles. The van der Waals surface area contributed by atoms with Crippen molar-refractivity contribution < 1.29 is 23.0 Å². The Kier molecular flexibility index (Phi) is 6.87. The molecule has 1 fully saturated rings. The number of piperazine rings is 1. The molecular weight excluding hydrogens is 407 g/mol. The van der Waals surface area contributed by atoms with E-state index in [0.717, 1.165) is 23.6 Å². The number of nitrogens with zero attached hydrogens (tertiary/aromatic N) is 3. The molecule has 5 nitrogen and oxygen atoms in total. The Morgan fingerprint density at radius 1 is 1.21 bits per heavy atom. The molecule has 2 aromatic rings. The van der Waals surface area contributed by atoms with Gasteiger partial charge in [-0.2, -0.15) is 13.2 Å². The first kappa shape index (κ1) is 21.7. The molecular formula is C20H23ClF3N3O2. The predicted molar refractivity (Wildman–Crippen MR) is 106 cm³/mol. The van der Waals surface area contributed by atoms with Gasteiger partial charge in [0.2, 0.25) is 0 Å². The van der Waals surface area contributed by atoms with Gasteiger partial charge in [-0.1, -0.05) is 29.8 Å². The molecule has 1 aliphatic heterocycles. The van der Waals surface area contributed by atoms with Crippen LogP contribution in [0.25, 0.3) is 0 Å². The Bertz CT molecular complexity index is 827. The molecule has 0 radical (unpaired) electrons. The minimum absolute atomic E-state index is 0.0139. The standard InChI is InChI=1S/C20H23ClF3N3O2/c1-14-4-2-3-5-18(14)29-13-16(28)12-26-6-8-27(9-7-26)19-17(21)10-15(11-25-19)20(22,23)24/h2-5,10-11,16,28H,6-9,12-13H2,1H3. The first-order valence-corrected chi connectivity index (χ1v) is 9.68. The monoisotopic (exact) mass is 429 g/mol. The number of aliphatic hydroxyl groups is 1. The van der Waals surface area contributed by atoms with Gasteiger partial charge in [0.15, 0.2) is 0 Å². The summed E-state index contributed by atoms with van der Waals surface area (Å²) in [7, 11) is 0. The first-order chi connectivity index (χ1) is 13.7. The third kappa shape index (κ3) is 5.74. The molecule has 158 valence electrons. The summed E-state index contributed by atoms with van der Waals surface area (Å²) in [5.41, 5.74) is 0.149. The van der Waals surface area contributed by atoms with Crippen LogP contribution in [0.5, 0.6) is 5.75 Å². The molecule has 9 heteroatoms. The summed E-state index contributed by atoms with van der Waals surface area (Å²) in [5.74, 6) is 1.10. The van der Waals surface area contributed by atoms with Gasteiger partial charge in [-0.3, -0.25) is 4.90 Å². The fraction of sp³-hybridized carbons (Fsp3) is 0.450. The van der Waals surface area contributed by atoms with Gasteiger partial charge in [0, 0.05) is 38.9 Å². The molecule has 1 aliphatic rings. The highest BCUT2D eigenvalue weighted by atomic mass is 35.5. The third-order valence-corrected chi connectivity index (χ3v) is 5.09. The number of β-amino-alcohol motifs (C(OH)–C–C–N with tert-alkyl or cyclic N) is 1. The molecule has 1 atom stereocenters. The van der Waals surface area contributed by atoms with E-state index in [1.165, 1.54) is 0 Å². The van der Waals surface area contributed by atoms with E-state index in [1.807, 2.05) is 36.1 Å². The number of aliphatic hydroxyl groups excluding tert-OH is 1. The van der Waals surface area contributed by atoms with Crippen molar-refractivity contribution in [1.29, 1.82) is 0 Å². The Morgan fingerprint density at radius 2 is 1.90 bits per heavy atom. The Labute approximate surface area is 172 Å². The summed E-state index contributed by atoms with van der Waals surface area (Å²) < 4.78 is 43.9. The predicted octanol–water partition coefficient (Wildman–Crippen LogP) is 3.62. The van der Waals surface area contributed by atoms with E-state index >= 15 is 0 Å². The Balaban J connectivity index is 1.48. The number of hydrogen-bond acceptors (Lipinski definition) is 5. The second-order valence-corrected chi connectivity index (χ2v) is 7.45. The van der Waals surface area contributed by atoms with E-state index in [4.69, 9.17) is 16.3 Å². The number of aryl methyl sites for hydroxylation is 1. The smallest absolute Gasteiger partial charge is 0.417 e. The fourth-order valence-corrected chi connectivity index (χ4v) is 3.50. The summed E-state index contributed by atoms with van der Waals surface area (Å²) in [6.45, 7) is 4.99. The summed E-state index contributed by atoms with van der Waals surface area (Å²) in [4.78, 5) is 7.85. The topological polar surface area (TPSA) is 48.8 Å². The van der Waals surface area contributed by atoms with E-state index in [9.17, 15) is 18.3 Å². The molecule has 0 amide bonds. The van der Waals surface area contributed by atoms with Crippen LogP contribution >= 0.6 is 11.6 Å². The number of halogens is 4. The van der Waals surface area contributed by atoms with Crippen molar-refractivity contribution in [2.45, 2.75) is 19.2 Å². The zero-order valence-corrected chi connectivity index (χ0v) is 16.7. The minimum Gasteiger partial charge on any atom is -0.491 e. The van der Waals surface area contributed by atoms with Gasteiger partial charge in [0.05, 0.1) is 10.6 Å². The summed E-state index contributed by atoms with van der Waals surface area (Å²) >= 11 is 6.03. The first-order valence-electron chi connectivity index (χ1n) is 9.30. The molecule has 1 aromatic carbocycles. The van der Waals surface area contributed by atoms with Gasteiger partial charge in [0.1, 0.15) is 24.3 Å². The van der Waals surface area contributed by atoms with Crippen molar-refractivity contribution in [3.63, 3.8) is 0 Å². The van der Waals surface area contributed by atoms with Crippen LogP contribution in [-0.4, -0.2) is 60.4 Å². The second kappa shape index (κ2) is 9.19. The van der Waals surface area contributed by atoms with Crippen LogP contribution in [0.4, 0.5) is 19.0 Å². The maximum atomic E-state index is 12.8. The van der Waals surface area contributed by atoms with Gasteiger partial charge in [-0.15, -0.1) is 0 Å². The maximum Gasteiger partial charge on any atom is 0.417 e. The van der Waals surface area contributed by atoms with Crippen molar-refractivity contribution in [3.05, 3.63) is 52.7 Å². The lowest BCUT2D eigenvalue weighted by atomic mass is 10.2. The van der Waals surface area contributed by atoms with Crippen LogP contribution < -0.4 is 9.64 Å². The number of ether oxygens (including phenoxy) is 1. The Hall–Kier alpha value is -2.03. The number of aromatic nitrogens is 1. The number of hydrogen-bond donors (Lipinski definition) is 1. The average molecular weight is 430 g/mol. The van der Waals surface area contributed by atoms with Gasteiger partial charge in [-0.05, 0) is 24.6 Å².